The molecule has 0 saturated carbocycles. The molecule has 1 aliphatic rings. The van der Waals surface area contributed by atoms with Crippen LogP contribution < -0.4 is 10.6 Å². The van der Waals surface area contributed by atoms with Gasteiger partial charge in [0, 0.05) is 24.8 Å². The van der Waals surface area contributed by atoms with Crippen LogP contribution in [0.5, 0.6) is 0 Å². The lowest BCUT2D eigenvalue weighted by Gasteiger charge is -2.18. The van der Waals surface area contributed by atoms with Crippen LogP contribution in [0.3, 0.4) is 0 Å². The molecule has 0 bridgehead atoms. The molecule has 2 amide bonds. The minimum atomic E-state index is -3.90. The summed E-state index contributed by atoms with van der Waals surface area (Å²) < 4.78 is 39.9. The molecule has 0 spiro atoms. The quantitative estimate of drug-likeness (QED) is 0.779. The molecule has 1 aliphatic heterocycles. The second-order valence-electron chi connectivity index (χ2n) is 6.99. The fraction of sp³-hybridized carbons (Fsp3) is 0.300. The Bertz CT molecular complexity index is 1070. The molecular formula is C20H22FN3O4S. The number of amides is 2. The Labute approximate surface area is 169 Å². The summed E-state index contributed by atoms with van der Waals surface area (Å²) in [6.07, 6.45) is 1.61. The third kappa shape index (κ3) is 4.80. The van der Waals surface area contributed by atoms with E-state index in [2.05, 4.69) is 10.6 Å². The summed E-state index contributed by atoms with van der Waals surface area (Å²) in [6, 6.07) is 8.45. The normalized spacial score (nSPS) is 14.1. The number of nitrogens with zero attached hydrogens (tertiary/aromatic N) is 1. The molecule has 0 aromatic heterocycles. The maximum atomic E-state index is 13.2. The van der Waals surface area contributed by atoms with Crippen molar-refractivity contribution in [3.8, 4) is 0 Å². The lowest BCUT2D eigenvalue weighted by Crippen LogP contribution is -2.35. The third-order valence-electron chi connectivity index (χ3n) is 4.74. The van der Waals surface area contributed by atoms with E-state index < -0.39 is 28.3 Å². The third-order valence-corrected chi connectivity index (χ3v) is 6.54. The minimum absolute atomic E-state index is 0.0562. The predicted octanol–water partition coefficient (Wildman–Crippen LogP) is 2.67. The number of anilines is 2. The molecule has 1 heterocycles. The standard InChI is InChI=1S/C20H22FN3O4S/c1-13-10-15(21)6-8-17(13)22-20(26)12-24(2)29(27,28)16-7-9-18-14(11-16)4-3-5-19(25)23-18/h6-11H,3-5,12H2,1-2H3,(H,22,26)(H,23,25). The van der Waals surface area contributed by atoms with Crippen LogP contribution >= 0.6 is 0 Å². The maximum Gasteiger partial charge on any atom is 0.243 e. The molecular weight excluding hydrogens is 397 g/mol. The van der Waals surface area contributed by atoms with E-state index in [-0.39, 0.29) is 10.8 Å². The molecule has 0 aliphatic carbocycles. The van der Waals surface area contributed by atoms with Crippen molar-refractivity contribution in [1.29, 1.82) is 0 Å². The monoisotopic (exact) mass is 419 g/mol. The first-order valence-corrected chi connectivity index (χ1v) is 10.6. The average molecular weight is 419 g/mol. The second kappa shape index (κ2) is 8.30. The van der Waals surface area contributed by atoms with Crippen molar-refractivity contribution in [1.82, 2.24) is 4.31 Å². The van der Waals surface area contributed by atoms with Crippen LogP contribution in [0.15, 0.2) is 41.3 Å². The summed E-state index contributed by atoms with van der Waals surface area (Å²) in [6.45, 7) is 1.25. The van der Waals surface area contributed by atoms with E-state index in [9.17, 15) is 22.4 Å². The van der Waals surface area contributed by atoms with Crippen molar-refractivity contribution in [3.63, 3.8) is 0 Å². The summed E-state index contributed by atoms with van der Waals surface area (Å²) >= 11 is 0. The smallest absolute Gasteiger partial charge is 0.243 e. The summed E-state index contributed by atoms with van der Waals surface area (Å²) in [5.74, 6) is -1.04. The van der Waals surface area contributed by atoms with Gasteiger partial charge in [-0.1, -0.05) is 0 Å². The molecule has 0 saturated heterocycles. The molecule has 0 unspecified atom stereocenters. The molecule has 0 radical (unpaired) electrons. The Morgan fingerprint density at radius 2 is 1.97 bits per heavy atom. The highest BCUT2D eigenvalue weighted by Gasteiger charge is 2.25. The fourth-order valence-corrected chi connectivity index (χ4v) is 4.31. The summed E-state index contributed by atoms with van der Waals surface area (Å²) in [5.41, 5.74) is 2.31. The lowest BCUT2D eigenvalue weighted by atomic mass is 10.1. The van der Waals surface area contributed by atoms with E-state index in [1.807, 2.05) is 0 Å². The van der Waals surface area contributed by atoms with Gasteiger partial charge in [0.05, 0.1) is 11.4 Å². The topological polar surface area (TPSA) is 95.6 Å². The number of fused-ring (bicyclic) bond motifs is 1. The first kappa shape index (κ1) is 20.9. The number of sulfonamides is 1. The largest absolute Gasteiger partial charge is 0.326 e. The van der Waals surface area contributed by atoms with Gasteiger partial charge < -0.3 is 10.6 Å². The highest BCUT2D eigenvalue weighted by molar-refractivity contribution is 7.89. The van der Waals surface area contributed by atoms with E-state index in [0.717, 1.165) is 9.87 Å². The highest BCUT2D eigenvalue weighted by Crippen LogP contribution is 2.26. The van der Waals surface area contributed by atoms with Crippen LogP contribution in [0.4, 0.5) is 15.8 Å². The highest BCUT2D eigenvalue weighted by atomic mass is 32.2. The molecule has 0 fully saturated rings. The molecule has 9 heteroatoms. The van der Waals surface area contributed by atoms with Crippen LogP contribution in [0.1, 0.15) is 24.0 Å². The van der Waals surface area contributed by atoms with Crippen LogP contribution in [-0.4, -0.2) is 38.1 Å². The predicted molar refractivity (Wildman–Crippen MR) is 108 cm³/mol. The molecule has 29 heavy (non-hydrogen) atoms. The van der Waals surface area contributed by atoms with Gasteiger partial charge in [0.2, 0.25) is 21.8 Å². The van der Waals surface area contributed by atoms with Gasteiger partial charge in [-0.2, -0.15) is 4.31 Å². The van der Waals surface area contributed by atoms with Crippen LogP contribution in [0, 0.1) is 12.7 Å². The first-order valence-electron chi connectivity index (χ1n) is 9.12. The minimum Gasteiger partial charge on any atom is -0.326 e. The van der Waals surface area contributed by atoms with Gasteiger partial charge in [-0.05, 0) is 67.3 Å². The van der Waals surface area contributed by atoms with Crippen molar-refractivity contribution in [2.45, 2.75) is 31.1 Å². The molecule has 2 aromatic carbocycles. The van der Waals surface area contributed by atoms with Gasteiger partial charge in [-0.3, -0.25) is 9.59 Å². The number of carbonyl (C=O) groups excluding carboxylic acids is 2. The Morgan fingerprint density at radius 1 is 1.21 bits per heavy atom. The van der Waals surface area contributed by atoms with E-state index in [1.54, 1.807) is 13.0 Å². The molecule has 2 N–H and O–H groups in total. The number of nitrogens with one attached hydrogen (secondary N) is 2. The van der Waals surface area contributed by atoms with Crippen molar-refractivity contribution >= 4 is 33.2 Å². The van der Waals surface area contributed by atoms with Gasteiger partial charge in [0.1, 0.15) is 5.82 Å². The lowest BCUT2D eigenvalue weighted by molar-refractivity contribution is -0.117. The van der Waals surface area contributed by atoms with E-state index in [1.165, 1.54) is 37.4 Å². The Hall–Kier alpha value is -2.78. The van der Waals surface area contributed by atoms with Gasteiger partial charge >= 0.3 is 0 Å². The average Bonchev–Trinajstić information content (AvgIpc) is 2.83. The Balaban J connectivity index is 1.74. The summed E-state index contributed by atoms with van der Waals surface area (Å²) in [7, 11) is -2.58. The number of rotatable bonds is 5. The van der Waals surface area contributed by atoms with Gasteiger partial charge in [0.15, 0.2) is 0 Å². The first-order chi connectivity index (χ1) is 13.7. The van der Waals surface area contributed by atoms with Crippen LogP contribution in [0.2, 0.25) is 0 Å². The molecule has 7 nitrogen and oxygen atoms in total. The molecule has 0 atom stereocenters. The second-order valence-corrected chi connectivity index (χ2v) is 9.03. The van der Waals surface area contributed by atoms with Gasteiger partial charge in [-0.25, -0.2) is 12.8 Å². The zero-order valence-corrected chi connectivity index (χ0v) is 17.0. The maximum absolute atomic E-state index is 13.2. The molecule has 154 valence electrons. The summed E-state index contributed by atoms with van der Waals surface area (Å²) in [4.78, 5) is 24.0. The number of hydrogen-bond donors (Lipinski definition) is 2. The Kier molecular flexibility index (Phi) is 5.99. The fourth-order valence-electron chi connectivity index (χ4n) is 3.14. The number of hydrogen-bond acceptors (Lipinski definition) is 4. The zero-order chi connectivity index (χ0) is 21.2. The number of aryl methyl sites for hydroxylation is 2. The van der Waals surface area contributed by atoms with Crippen molar-refractivity contribution in [2.75, 3.05) is 24.2 Å². The summed E-state index contributed by atoms with van der Waals surface area (Å²) in [5, 5.41) is 5.36. The van der Waals surface area contributed by atoms with Crippen molar-refractivity contribution < 1.29 is 22.4 Å². The SMILES string of the molecule is Cc1cc(F)ccc1NC(=O)CN(C)S(=O)(=O)c1ccc2c(c1)CCCC(=O)N2. The number of benzene rings is 2. The van der Waals surface area contributed by atoms with E-state index in [0.29, 0.717) is 36.2 Å². The number of halogens is 1. The number of likely N-dealkylation sites (N-methyl/N-ethyl adjacent to an activating group) is 1. The van der Waals surface area contributed by atoms with Crippen LogP contribution in [0.25, 0.3) is 0 Å². The van der Waals surface area contributed by atoms with Gasteiger partial charge in [-0.15, -0.1) is 0 Å². The van der Waals surface area contributed by atoms with E-state index in [4.69, 9.17) is 0 Å². The van der Waals surface area contributed by atoms with Crippen molar-refractivity contribution in [2.24, 2.45) is 0 Å². The van der Waals surface area contributed by atoms with E-state index >= 15 is 0 Å². The van der Waals surface area contributed by atoms with Gasteiger partial charge in [0.25, 0.3) is 0 Å². The Morgan fingerprint density at radius 3 is 2.69 bits per heavy atom. The van der Waals surface area contributed by atoms with Crippen LogP contribution in [-0.2, 0) is 26.0 Å². The van der Waals surface area contributed by atoms with Crippen molar-refractivity contribution in [3.05, 3.63) is 53.3 Å². The zero-order valence-electron chi connectivity index (χ0n) is 16.2. The molecule has 2 aromatic rings. The number of carbonyl (C=O) groups is 2. The molecule has 3 rings (SSSR count).